The SMILES string of the molecule is CSc1cc2c(cc1N)C(=O)c1ccccc1-2. The van der Waals surface area contributed by atoms with Crippen LogP contribution >= 0.6 is 11.8 Å². The first kappa shape index (κ1) is 10.4. The van der Waals surface area contributed by atoms with Crippen LogP contribution in [0.25, 0.3) is 11.1 Å². The van der Waals surface area contributed by atoms with Gasteiger partial charge in [0.25, 0.3) is 0 Å². The summed E-state index contributed by atoms with van der Waals surface area (Å²) < 4.78 is 0. The number of carbonyl (C=O) groups excluding carboxylic acids is 1. The van der Waals surface area contributed by atoms with Gasteiger partial charge in [-0.15, -0.1) is 11.8 Å². The van der Waals surface area contributed by atoms with Crippen molar-refractivity contribution in [3.05, 3.63) is 47.5 Å². The van der Waals surface area contributed by atoms with Crippen LogP contribution in [0.4, 0.5) is 5.69 Å². The highest BCUT2D eigenvalue weighted by Gasteiger charge is 2.27. The summed E-state index contributed by atoms with van der Waals surface area (Å²) in [4.78, 5) is 13.2. The van der Waals surface area contributed by atoms with E-state index in [1.54, 1.807) is 17.8 Å². The molecule has 0 bridgehead atoms. The molecule has 0 aromatic heterocycles. The van der Waals surface area contributed by atoms with Crippen molar-refractivity contribution in [2.45, 2.75) is 4.90 Å². The van der Waals surface area contributed by atoms with E-state index >= 15 is 0 Å². The number of thioether (sulfide) groups is 1. The van der Waals surface area contributed by atoms with Crippen LogP contribution in [0.5, 0.6) is 0 Å². The fourth-order valence-electron chi connectivity index (χ4n) is 2.25. The molecule has 0 spiro atoms. The first-order valence-corrected chi connectivity index (χ1v) is 6.56. The van der Waals surface area contributed by atoms with Gasteiger partial charge in [0.05, 0.1) is 0 Å². The van der Waals surface area contributed by atoms with Crippen molar-refractivity contribution in [3.8, 4) is 11.1 Å². The fourth-order valence-corrected chi connectivity index (χ4v) is 2.78. The topological polar surface area (TPSA) is 43.1 Å². The molecule has 2 nitrogen and oxygen atoms in total. The van der Waals surface area contributed by atoms with E-state index in [4.69, 9.17) is 5.73 Å². The Hall–Kier alpha value is -1.74. The molecule has 2 N–H and O–H groups in total. The standard InChI is InChI=1S/C14H11NOS/c1-17-13-7-10-8-4-2-3-5-9(8)14(16)11(10)6-12(13)15/h2-7H,15H2,1H3. The number of nitrogens with two attached hydrogens (primary N) is 1. The third kappa shape index (κ3) is 1.39. The Bertz CT molecular complexity index is 634. The normalized spacial score (nSPS) is 12.4. The highest BCUT2D eigenvalue weighted by molar-refractivity contribution is 7.98. The van der Waals surface area contributed by atoms with Crippen LogP contribution in [0.1, 0.15) is 15.9 Å². The highest BCUT2D eigenvalue weighted by atomic mass is 32.2. The van der Waals surface area contributed by atoms with Crippen LogP contribution in [0.3, 0.4) is 0 Å². The summed E-state index contributed by atoms with van der Waals surface area (Å²) in [5.74, 6) is 0.0787. The van der Waals surface area contributed by atoms with E-state index in [2.05, 4.69) is 0 Å². The molecule has 3 rings (SSSR count). The zero-order valence-electron chi connectivity index (χ0n) is 9.36. The van der Waals surface area contributed by atoms with Crippen molar-refractivity contribution < 1.29 is 4.79 Å². The van der Waals surface area contributed by atoms with Gasteiger partial charge in [-0.2, -0.15) is 0 Å². The van der Waals surface area contributed by atoms with E-state index in [-0.39, 0.29) is 5.78 Å². The monoisotopic (exact) mass is 241 g/mol. The second-order valence-electron chi connectivity index (χ2n) is 4.01. The minimum Gasteiger partial charge on any atom is -0.398 e. The van der Waals surface area contributed by atoms with Gasteiger partial charge in [-0.1, -0.05) is 24.3 Å². The summed E-state index contributed by atoms with van der Waals surface area (Å²) in [7, 11) is 0. The first-order chi connectivity index (χ1) is 8.22. The number of carbonyl (C=O) groups is 1. The van der Waals surface area contributed by atoms with Gasteiger partial charge < -0.3 is 5.73 Å². The van der Waals surface area contributed by atoms with E-state index in [0.29, 0.717) is 5.69 Å². The van der Waals surface area contributed by atoms with E-state index in [1.807, 2.05) is 36.6 Å². The van der Waals surface area contributed by atoms with Crippen molar-refractivity contribution in [1.29, 1.82) is 0 Å². The van der Waals surface area contributed by atoms with E-state index in [1.165, 1.54) is 0 Å². The summed E-state index contributed by atoms with van der Waals surface area (Å²) in [6.45, 7) is 0. The van der Waals surface area contributed by atoms with Crippen molar-refractivity contribution >= 4 is 23.2 Å². The molecule has 0 saturated carbocycles. The highest BCUT2D eigenvalue weighted by Crippen LogP contribution is 2.40. The van der Waals surface area contributed by atoms with E-state index in [9.17, 15) is 4.79 Å². The second kappa shape index (κ2) is 3.64. The Morgan fingerprint density at radius 1 is 1.00 bits per heavy atom. The quantitative estimate of drug-likeness (QED) is 0.525. The predicted molar refractivity (Wildman–Crippen MR) is 71.5 cm³/mol. The number of hydrogen-bond donors (Lipinski definition) is 1. The molecular formula is C14H11NOS. The second-order valence-corrected chi connectivity index (χ2v) is 4.86. The lowest BCUT2D eigenvalue weighted by Gasteiger charge is -2.06. The van der Waals surface area contributed by atoms with Crippen molar-refractivity contribution in [2.75, 3.05) is 12.0 Å². The zero-order chi connectivity index (χ0) is 12.0. The Morgan fingerprint density at radius 3 is 2.41 bits per heavy atom. The Balaban J connectivity index is 2.33. The van der Waals surface area contributed by atoms with Gasteiger partial charge in [0.1, 0.15) is 0 Å². The molecule has 0 fully saturated rings. The Kier molecular flexibility index (Phi) is 2.23. The van der Waals surface area contributed by atoms with Gasteiger partial charge >= 0.3 is 0 Å². The van der Waals surface area contributed by atoms with Crippen molar-refractivity contribution in [3.63, 3.8) is 0 Å². The molecule has 3 heteroatoms. The fraction of sp³-hybridized carbons (Fsp3) is 0.0714. The van der Waals surface area contributed by atoms with Gasteiger partial charge in [0.15, 0.2) is 5.78 Å². The summed E-state index contributed by atoms with van der Waals surface area (Å²) in [6, 6.07) is 11.5. The molecule has 0 amide bonds. The van der Waals surface area contributed by atoms with Crippen LogP contribution in [0.2, 0.25) is 0 Å². The maximum atomic E-state index is 12.2. The summed E-state index contributed by atoms with van der Waals surface area (Å²) in [6.07, 6.45) is 1.99. The minimum atomic E-state index is 0.0787. The molecule has 0 radical (unpaired) electrons. The minimum absolute atomic E-state index is 0.0787. The lowest BCUT2D eigenvalue weighted by atomic mass is 10.1. The largest absolute Gasteiger partial charge is 0.398 e. The molecule has 1 aliphatic rings. The molecule has 84 valence electrons. The number of anilines is 1. The summed E-state index contributed by atoms with van der Waals surface area (Å²) >= 11 is 1.60. The van der Waals surface area contributed by atoms with Gasteiger partial charge in [0, 0.05) is 21.7 Å². The zero-order valence-corrected chi connectivity index (χ0v) is 10.2. The summed E-state index contributed by atoms with van der Waals surface area (Å²) in [5, 5.41) is 0. The van der Waals surface area contributed by atoms with Gasteiger partial charge in [-0.05, 0) is 29.5 Å². The van der Waals surface area contributed by atoms with Crippen LogP contribution in [-0.4, -0.2) is 12.0 Å². The Morgan fingerprint density at radius 2 is 1.71 bits per heavy atom. The molecule has 17 heavy (non-hydrogen) atoms. The number of ketones is 1. The van der Waals surface area contributed by atoms with Gasteiger partial charge in [-0.3, -0.25) is 4.79 Å². The smallest absolute Gasteiger partial charge is 0.194 e. The molecule has 0 aliphatic heterocycles. The molecular weight excluding hydrogens is 230 g/mol. The molecule has 0 atom stereocenters. The number of fused-ring (bicyclic) bond motifs is 3. The van der Waals surface area contributed by atoms with Crippen molar-refractivity contribution in [1.82, 2.24) is 0 Å². The number of nitrogen functional groups attached to an aromatic ring is 1. The maximum absolute atomic E-state index is 12.2. The molecule has 0 unspecified atom stereocenters. The van der Waals surface area contributed by atoms with Gasteiger partial charge in [0.2, 0.25) is 0 Å². The lowest BCUT2D eigenvalue weighted by molar-refractivity contribution is 0.104. The molecule has 1 aliphatic carbocycles. The Labute approximate surface area is 104 Å². The third-order valence-electron chi connectivity index (χ3n) is 3.08. The lowest BCUT2D eigenvalue weighted by Crippen LogP contribution is -1.97. The van der Waals surface area contributed by atoms with E-state index < -0.39 is 0 Å². The molecule has 0 saturated heterocycles. The molecule has 2 aromatic carbocycles. The summed E-state index contributed by atoms with van der Waals surface area (Å²) in [5.41, 5.74) is 10.1. The van der Waals surface area contributed by atoms with Crippen molar-refractivity contribution in [2.24, 2.45) is 0 Å². The number of benzene rings is 2. The van der Waals surface area contributed by atoms with E-state index in [0.717, 1.165) is 27.1 Å². The number of hydrogen-bond acceptors (Lipinski definition) is 3. The van der Waals surface area contributed by atoms with Crippen LogP contribution in [0, 0.1) is 0 Å². The average Bonchev–Trinajstić information content (AvgIpc) is 2.63. The average molecular weight is 241 g/mol. The predicted octanol–water partition coefficient (Wildman–Crippen LogP) is 3.20. The van der Waals surface area contributed by atoms with Gasteiger partial charge in [-0.25, -0.2) is 0 Å². The first-order valence-electron chi connectivity index (χ1n) is 5.34. The van der Waals surface area contributed by atoms with Crippen LogP contribution in [-0.2, 0) is 0 Å². The van der Waals surface area contributed by atoms with Crippen LogP contribution < -0.4 is 5.73 Å². The number of rotatable bonds is 1. The molecule has 0 heterocycles. The maximum Gasteiger partial charge on any atom is 0.194 e. The van der Waals surface area contributed by atoms with Crippen LogP contribution in [0.15, 0.2) is 41.3 Å². The third-order valence-corrected chi connectivity index (χ3v) is 3.87. The molecule has 2 aromatic rings.